The summed E-state index contributed by atoms with van der Waals surface area (Å²) in [6.45, 7) is 7.85. The molecule has 0 spiro atoms. The second-order valence-electron chi connectivity index (χ2n) is 6.63. The lowest BCUT2D eigenvalue weighted by Gasteiger charge is -2.42. The summed E-state index contributed by atoms with van der Waals surface area (Å²) < 4.78 is 37.7. The third kappa shape index (κ3) is 3.97. The summed E-state index contributed by atoms with van der Waals surface area (Å²) in [6, 6.07) is 2.97. The highest BCUT2D eigenvalue weighted by atomic mass is 19.4. The van der Waals surface area contributed by atoms with E-state index in [1.807, 2.05) is 4.90 Å². The Labute approximate surface area is 140 Å². The van der Waals surface area contributed by atoms with Gasteiger partial charge >= 0.3 is 6.18 Å². The Morgan fingerprint density at radius 1 is 1.08 bits per heavy atom. The highest BCUT2D eigenvalue weighted by molar-refractivity contribution is 5.38. The van der Waals surface area contributed by atoms with Crippen LogP contribution >= 0.6 is 0 Å². The van der Waals surface area contributed by atoms with E-state index < -0.39 is 11.9 Å². The maximum absolute atomic E-state index is 12.6. The number of alkyl halides is 3. The molecule has 134 valence electrons. The standard InChI is InChI=1S/C16H24F3N5/c1-12(13-4-6-20-7-5-13)23-8-10-24(11-9-23)15-3-2-14(21-22-15)16(17,18)19/h2-3,12-13,20H,4-11H2,1H3. The third-order valence-corrected chi connectivity index (χ3v) is 5.22. The Kier molecular flexibility index (Phi) is 5.24. The van der Waals surface area contributed by atoms with Gasteiger partial charge in [-0.05, 0) is 50.9 Å². The van der Waals surface area contributed by atoms with Crippen molar-refractivity contribution in [2.45, 2.75) is 32.0 Å². The van der Waals surface area contributed by atoms with Crippen molar-refractivity contribution in [3.63, 3.8) is 0 Å². The first-order chi connectivity index (χ1) is 11.4. The third-order valence-electron chi connectivity index (χ3n) is 5.22. The Morgan fingerprint density at radius 3 is 2.29 bits per heavy atom. The van der Waals surface area contributed by atoms with Gasteiger partial charge in [-0.3, -0.25) is 4.90 Å². The van der Waals surface area contributed by atoms with Crippen molar-refractivity contribution in [1.29, 1.82) is 0 Å². The Balaban J connectivity index is 1.54. The van der Waals surface area contributed by atoms with Crippen LogP contribution in [0.1, 0.15) is 25.5 Å². The lowest BCUT2D eigenvalue weighted by molar-refractivity contribution is -0.141. The average Bonchev–Trinajstić information content (AvgIpc) is 2.61. The zero-order chi connectivity index (χ0) is 17.2. The van der Waals surface area contributed by atoms with Crippen molar-refractivity contribution in [1.82, 2.24) is 20.4 Å². The molecule has 2 fully saturated rings. The van der Waals surface area contributed by atoms with Gasteiger partial charge in [-0.1, -0.05) is 0 Å². The van der Waals surface area contributed by atoms with Gasteiger partial charge in [0.25, 0.3) is 0 Å². The summed E-state index contributed by atoms with van der Waals surface area (Å²) in [5, 5.41) is 10.5. The van der Waals surface area contributed by atoms with Crippen LogP contribution in [0.2, 0.25) is 0 Å². The highest BCUT2D eigenvalue weighted by Gasteiger charge is 2.33. The van der Waals surface area contributed by atoms with E-state index in [1.54, 1.807) is 0 Å². The molecule has 1 aromatic heterocycles. The van der Waals surface area contributed by atoms with Crippen molar-refractivity contribution in [2.24, 2.45) is 5.92 Å². The number of nitrogens with one attached hydrogen (secondary N) is 1. The number of anilines is 1. The molecule has 1 unspecified atom stereocenters. The minimum absolute atomic E-state index is 0.525. The van der Waals surface area contributed by atoms with Gasteiger partial charge in [0.05, 0.1) is 0 Å². The molecule has 1 N–H and O–H groups in total. The molecule has 0 amide bonds. The van der Waals surface area contributed by atoms with Gasteiger partial charge in [-0.15, -0.1) is 10.2 Å². The molecule has 5 nitrogen and oxygen atoms in total. The normalized spacial score (nSPS) is 22.6. The van der Waals surface area contributed by atoms with Gasteiger partial charge in [-0.2, -0.15) is 13.2 Å². The monoisotopic (exact) mass is 343 g/mol. The number of piperazine rings is 1. The summed E-state index contributed by atoms with van der Waals surface area (Å²) in [5.74, 6) is 1.25. The van der Waals surface area contributed by atoms with Crippen molar-refractivity contribution in [3.8, 4) is 0 Å². The van der Waals surface area contributed by atoms with Crippen LogP contribution in [0.4, 0.5) is 19.0 Å². The Hall–Kier alpha value is -1.41. The van der Waals surface area contributed by atoms with Crippen LogP contribution in [0.15, 0.2) is 12.1 Å². The summed E-state index contributed by atoms with van der Waals surface area (Å²) in [4.78, 5) is 4.50. The van der Waals surface area contributed by atoms with Crippen LogP contribution in [-0.2, 0) is 6.18 Å². The maximum Gasteiger partial charge on any atom is 0.435 e. The number of nitrogens with zero attached hydrogens (tertiary/aromatic N) is 4. The van der Waals surface area contributed by atoms with Crippen molar-refractivity contribution in [2.75, 3.05) is 44.2 Å². The molecule has 0 aromatic carbocycles. The first-order valence-electron chi connectivity index (χ1n) is 8.56. The van der Waals surface area contributed by atoms with Gasteiger partial charge in [-0.25, -0.2) is 0 Å². The molecule has 0 radical (unpaired) electrons. The minimum Gasteiger partial charge on any atom is -0.353 e. The molecule has 3 rings (SSSR count). The van der Waals surface area contributed by atoms with Gasteiger partial charge < -0.3 is 10.2 Å². The summed E-state index contributed by atoms with van der Waals surface area (Å²) >= 11 is 0. The van der Waals surface area contributed by atoms with E-state index >= 15 is 0 Å². The second-order valence-corrected chi connectivity index (χ2v) is 6.63. The van der Waals surface area contributed by atoms with Crippen molar-refractivity contribution >= 4 is 5.82 Å². The maximum atomic E-state index is 12.6. The lowest BCUT2D eigenvalue weighted by Crippen LogP contribution is -2.52. The SMILES string of the molecule is CC(C1CCNCC1)N1CCN(c2ccc(C(F)(F)F)nn2)CC1. The fraction of sp³-hybridized carbons (Fsp3) is 0.750. The van der Waals surface area contributed by atoms with Crippen LogP contribution < -0.4 is 10.2 Å². The molecule has 3 heterocycles. The van der Waals surface area contributed by atoms with E-state index in [-0.39, 0.29) is 0 Å². The van der Waals surface area contributed by atoms with Gasteiger partial charge in [0.1, 0.15) is 0 Å². The van der Waals surface area contributed by atoms with Crippen LogP contribution in [0, 0.1) is 5.92 Å². The first kappa shape index (κ1) is 17.4. The van der Waals surface area contributed by atoms with Gasteiger partial charge in [0.2, 0.25) is 0 Å². The Bertz CT molecular complexity index is 520. The number of hydrogen-bond acceptors (Lipinski definition) is 5. The van der Waals surface area contributed by atoms with Crippen LogP contribution in [0.3, 0.4) is 0 Å². The number of piperidine rings is 1. The van der Waals surface area contributed by atoms with Gasteiger partial charge in [0.15, 0.2) is 11.5 Å². The fourth-order valence-electron chi connectivity index (χ4n) is 3.63. The molecule has 2 aliphatic heterocycles. The van der Waals surface area contributed by atoms with E-state index in [0.717, 1.165) is 51.3 Å². The predicted molar refractivity (Wildman–Crippen MR) is 85.9 cm³/mol. The molecule has 0 saturated carbocycles. The molecule has 8 heteroatoms. The smallest absolute Gasteiger partial charge is 0.353 e. The zero-order valence-electron chi connectivity index (χ0n) is 13.9. The summed E-state index contributed by atoms with van der Waals surface area (Å²) in [5.41, 5.74) is -0.940. The van der Waals surface area contributed by atoms with E-state index in [2.05, 4.69) is 27.3 Å². The van der Waals surface area contributed by atoms with E-state index in [1.165, 1.54) is 18.9 Å². The number of hydrogen-bond donors (Lipinski definition) is 1. The van der Waals surface area contributed by atoms with E-state index in [9.17, 15) is 13.2 Å². The molecule has 24 heavy (non-hydrogen) atoms. The van der Waals surface area contributed by atoms with Crippen LogP contribution in [0.5, 0.6) is 0 Å². The lowest BCUT2D eigenvalue weighted by atomic mass is 9.90. The summed E-state index contributed by atoms with van der Waals surface area (Å²) in [7, 11) is 0. The molecular formula is C16H24F3N5. The highest BCUT2D eigenvalue weighted by Crippen LogP contribution is 2.28. The second kappa shape index (κ2) is 7.23. The molecular weight excluding hydrogens is 319 g/mol. The van der Waals surface area contributed by atoms with Gasteiger partial charge in [0, 0.05) is 32.2 Å². The largest absolute Gasteiger partial charge is 0.435 e. The molecule has 2 saturated heterocycles. The topological polar surface area (TPSA) is 44.3 Å². The molecule has 0 bridgehead atoms. The van der Waals surface area contributed by atoms with Crippen molar-refractivity contribution in [3.05, 3.63) is 17.8 Å². The number of rotatable bonds is 3. The van der Waals surface area contributed by atoms with Crippen molar-refractivity contribution < 1.29 is 13.2 Å². The van der Waals surface area contributed by atoms with Crippen LogP contribution in [0.25, 0.3) is 0 Å². The number of aromatic nitrogens is 2. The average molecular weight is 343 g/mol. The van der Waals surface area contributed by atoms with Crippen LogP contribution in [-0.4, -0.2) is 60.4 Å². The fourth-order valence-corrected chi connectivity index (χ4v) is 3.63. The van der Waals surface area contributed by atoms with E-state index in [4.69, 9.17) is 0 Å². The first-order valence-corrected chi connectivity index (χ1v) is 8.56. The minimum atomic E-state index is -4.44. The Morgan fingerprint density at radius 2 is 1.75 bits per heavy atom. The molecule has 1 aromatic rings. The molecule has 0 aliphatic carbocycles. The van der Waals surface area contributed by atoms with E-state index in [0.29, 0.717) is 11.9 Å². The molecule has 2 aliphatic rings. The summed E-state index contributed by atoms with van der Waals surface area (Å²) in [6.07, 6.45) is -2.01. The number of halogens is 3. The molecule has 1 atom stereocenters. The quantitative estimate of drug-likeness (QED) is 0.910. The zero-order valence-corrected chi connectivity index (χ0v) is 13.9. The predicted octanol–water partition coefficient (Wildman–Crippen LogP) is 2.01.